The van der Waals surface area contributed by atoms with Gasteiger partial charge in [-0.2, -0.15) is 0 Å². The van der Waals surface area contributed by atoms with Crippen LogP contribution in [0, 0.1) is 12.3 Å². The highest BCUT2D eigenvalue weighted by molar-refractivity contribution is 6.20. The van der Waals surface area contributed by atoms with Crippen molar-refractivity contribution in [2.24, 2.45) is 5.41 Å². The van der Waals surface area contributed by atoms with Gasteiger partial charge < -0.3 is 4.90 Å². The second-order valence-electron chi connectivity index (χ2n) is 8.47. The van der Waals surface area contributed by atoms with E-state index < -0.39 is 29.3 Å². The molecular formula is C21H23N5O4. The zero-order valence-electron chi connectivity index (χ0n) is 17.2. The summed E-state index contributed by atoms with van der Waals surface area (Å²) in [7, 11) is 2.79. The minimum absolute atomic E-state index is 0.0498. The van der Waals surface area contributed by atoms with E-state index in [0.29, 0.717) is 30.0 Å². The Balaban J connectivity index is 1.81. The number of amides is 4. The first kappa shape index (κ1) is 18.8. The van der Waals surface area contributed by atoms with Gasteiger partial charge in [0.05, 0.1) is 11.6 Å². The molecule has 2 aromatic rings. The van der Waals surface area contributed by atoms with Gasteiger partial charge in [0, 0.05) is 33.3 Å². The first-order valence-corrected chi connectivity index (χ1v) is 10.2. The predicted molar refractivity (Wildman–Crippen MR) is 108 cm³/mol. The molecule has 0 saturated carbocycles. The fourth-order valence-electron chi connectivity index (χ4n) is 5.33. The van der Waals surface area contributed by atoms with E-state index in [4.69, 9.17) is 4.98 Å². The molecule has 0 bridgehead atoms. The van der Waals surface area contributed by atoms with Gasteiger partial charge in [-0.25, -0.2) is 9.78 Å². The van der Waals surface area contributed by atoms with Crippen LogP contribution in [0.2, 0.25) is 0 Å². The number of aromatic nitrogens is 2. The molecule has 0 unspecified atom stereocenters. The zero-order valence-corrected chi connectivity index (χ0v) is 17.2. The number of rotatable bonds is 0. The first-order chi connectivity index (χ1) is 14.3. The monoisotopic (exact) mass is 409 g/mol. The average molecular weight is 409 g/mol. The van der Waals surface area contributed by atoms with Crippen molar-refractivity contribution in [3.05, 3.63) is 39.8 Å². The molecule has 0 N–H and O–H groups in total. The number of carbonyl (C=O) groups excluding carboxylic acids is 3. The van der Waals surface area contributed by atoms with E-state index in [1.165, 1.54) is 18.5 Å². The molecule has 5 rings (SSSR count). The summed E-state index contributed by atoms with van der Waals surface area (Å²) in [5, 5.41) is 0. The van der Waals surface area contributed by atoms with E-state index in [1.807, 2.05) is 17.9 Å². The van der Waals surface area contributed by atoms with Crippen molar-refractivity contribution >= 4 is 29.3 Å². The van der Waals surface area contributed by atoms with Crippen molar-refractivity contribution in [2.45, 2.75) is 38.6 Å². The van der Waals surface area contributed by atoms with Gasteiger partial charge in [-0.1, -0.05) is 6.07 Å². The number of piperidine rings is 1. The molecular weight excluding hydrogens is 386 g/mol. The van der Waals surface area contributed by atoms with E-state index in [9.17, 15) is 19.2 Å². The molecule has 4 amide bonds. The number of barbiturate groups is 1. The molecule has 1 atom stereocenters. The van der Waals surface area contributed by atoms with E-state index in [2.05, 4.69) is 0 Å². The molecule has 0 aliphatic carbocycles. The standard InChI is InChI=1S/C21H23N5O4/c1-12-7-6-10-26-15(12)22-16-13(17(26)27)11-21(14-8-4-5-9-25(14)16)18(28)23(2)20(30)24(3)19(21)29/h6-7,10,14H,4-5,8-9,11H2,1-3H3/t14-/m1/s1. The largest absolute Gasteiger partial charge is 0.352 e. The summed E-state index contributed by atoms with van der Waals surface area (Å²) >= 11 is 0. The van der Waals surface area contributed by atoms with Crippen LogP contribution in [0.5, 0.6) is 0 Å². The normalized spacial score (nSPS) is 23.2. The third kappa shape index (κ3) is 2.15. The smallest absolute Gasteiger partial charge is 0.332 e. The lowest BCUT2D eigenvalue weighted by atomic mass is 9.66. The third-order valence-electron chi connectivity index (χ3n) is 6.87. The highest BCUT2D eigenvalue weighted by Gasteiger charge is 2.64. The Morgan fingerprint density at radius 2 is 1.77 bits per heavy atom. The summed E-state index contributed by atoms with van der Waals surface area (Å²) in [6.07, 6.45) is 3.98. The molecule has 3 aliphatic heterocycles. The average Bonchev–Trinajstić information content (AvgIpc) is 2.76. The molecule has 156 valence electrons. The Labute approximate surface area is 172 Å². The maximum atomic E-state index is 13.5. The third-order valence-corrected chi connectivity index (χ3v) is 6.87. The number of anilines is 1. The second kappa shape index (κ2) is 6.13. The van der Waals surface area contributed by atoms with Crippen LogP contribution in [0.1, 0.15) is 30.4 Å². The Morgan fingerprint density at radius 1 is 1.07 bits per heavy atom. The van der Waals surface area contributed by atoms with Crippen molar-refractivity contribution in [1.29, 1.82) is 0 Å². The van der Waals surface area contributed by atoms with E-state index in [-0.39, 0.29) is 12.0 Å². The number of hydrogen-bond donors (Lipinski definition) is 0. The SMILES string of the molecule is Cc1cccn2c(=O)c3c(nc12)N1CCCC[C@@H]1C1(C3)C(=O)N(C)C(=O)N(C)C1=O. The fraction of sp³-hybridized carbons (Fsp3) is 0.476. The lowest BCUT2D eigenvalue weighted by Crippen LogP contribution is -2.72. The minimum Gasteiger partial charge on any atom is -0.352 e. The van der Waals surface area contributed by atoms with Crippen LogP contribution in [0.3, 0.4) is 0 Å². The topological polar surface area (TPSA) is 95.3 Å². The zero-order chi connectivity index (χ0) is 21.4. The molecule has 3 aliphatic rings. The van der Waals surface area contributed by atoms with Crippen LogP contribution in [0.15, 0.2) is 23.1 Å². The summed E-state index contributed by atoms with van der Waals surface area (Å²) in [6, 6.07) is 2.59. The van der Waals surface area contributed by atoms with Crippen molar-refractivity contribution in [3.63, 3.8) is 0 Å². The quantitative estimate of drug-likeness (QED) is 0.602. The predicted octanol–water partition coefficient (Wildman–Crippen LogP) is 0.955. The molecule has 2 saturated heterocycles. The van der Waals surface area contributed by atoms with Crippen molar-refractivity contribution in [3.8, 4) is 0 Å². The summed E-state index contributed by atoms with van der Waals surface area (Å²) in [4.78, 5) is 61.5. The Hall–Kier alpha value is -3.23. The summed E-state index contributed by atoms with van der Waals surface area (Å²) in [5.41, 5.74) is 0.0383. The van der Waals surface area contributed by atoms with Crippen LogP contribution in [0.25, 0.3) is 5.65 Å². The molecule has 2 fully saturated rings. The summed E-state index contributed by atoms with van der Waals surface area (Å²) < 4.78 is 1.47. The number of imide groups is 2. The maximum Gasteiger partial charge on any atom is 0.332 e. The van der Waals surface area contributed by atoms with Crippen LogP contribution >= 0.6 is 0 Å². The lowest BCUT2D eigenvalue weighted by molar-refractivity contribution is -0.159. The van der Waals surface area contributed by atoms with E-state index in [0.717, 1.165) is 28.2 Å². The molecule has 9 heteroatoms. The van der Waals surface area contributed by atoms with Gasteiger partial charge in [0.25, 0.3) is 5.56 Å². The molecule has 9 nitrogen and oxygen atoms in total. The van der Waals surface area contributed by atoms with Gasteiger partial charge in [0.1, 0.15) is 11.5 Å². The summed E-state index contributed by atoms with van der Waals surface area (Å²) in [5.74, 6) is -0.508. The molecule has 5 heterocycles. The van der Waals surface area contributed by atoms with Crippen LogP contribution in [0.4, 0.5) is 10.6 Å². The molecule has 30 heavy (non-hydrogen) atoms. The number of hydrogen-bond acceptors (Lipinski definition) is 6. The Morgan fingerprint density at radius 3 is 2.47 bits per heavy atom. The number of pyridine rings is 1. The number of fused-ring (bicyclic) bond motifs is 5. The molecule has 0 aromatic carbocycles. The number of urea groups is 1. The second-order valence-corrected chi connectivity index (χ2v) is 8.47. The number of nitrogens with zero attached hydrogens (tertiary/aromatic N) is 5. The minimum atomic E-state index is -1.50. The lowest BCUT2D eigenvalue weighted by Gasteiger charge is -2.53. The van der Waals surface area contributed by atoms with Gasteiger partial charge in [-0.05, 0) is 37.8 Å². The van der Waals surface area contributed by atoms with Gasteiger partial charge in [-0.3, -0.25) is 28.6 Å². The van der Waals surface area contributed by atoms with E-state index >= 15 is 0 Å². The molecule has 2 aromatic heterocycles. The highest BCUT2D eigenvalue weighted by Crippen LogP contribution is 2.47. The fourth-order valence-corrected chi connectivity index (χ4v) is 5.33. The van der Waals surface area contributed by atoms with Gasteiger partial charge in [-0.15, -0.1) is 0 Å². The van der Waals surface area contributed by atoms with Crippen molar-refractivity contribution in [2.75, 3.05) is 25.5 Å². The van der Waals surface area contributed by atoms with Gasteiger partial charge >= 0.3 is 6.03 Å². The Bertz CT molecular complexity index is 1160. The van der Waals surface area contributed by atoms with Crippen LogP contribution in [-0.4, -0.2) is 63.7 Å². The van der Waals surface area contributed by atoms with Crippen molar-refractivity contribution in [1.82, 2.24) is 19.2 Å². The Kier molecular flexibility index (Phi) is 3.84. The van der Waals surface area contributed by atoms with Gasteiger partial charge in [0.2, 0.25) is 11.8 Å². The van der Waals surface area contributed by atoms with Crippen molar-refractivity contribution < 1.29 is 14.4 Å². The molecule has 1 spiro atoms. The maximum absolute atomic E-state index is 13.5. The number of aryl methyl sites for hydroxylation is 1. The van der Waals surface area contributed by atoms with Crippen LogP contribution < -0.4 is 10.5 Å². The van der Waals surface area contributed by atoms with Gasteiger partial charge in [0.15, 0.2) is 5.41 Å². The highest BCUT2D eigenvalue weighted by atomic mass is 16.2. The summed E-state index contributed by atoms with van der Waals surface area (Å²) in [6.45, 7) is 2.51. The van der Waals surface area contributed by atoms with E-state index in [1.54, 1.807) is 12.3 Å². The number of carbonyl (C=O) groups is 3. The van der Waals surface area contributed by atoms with Crippen LogP contribution in [-0.2, 0) is 16.0 Å². The molecule has 0 radical (unpaired) electrons. The first-order valence-electron chi connectivity index (χ1n) is 10.2.